The van der Waals surface area contributed by atoms with Crippen molar-refractivity contribution in [3.05, 3.63) is 39.9 Å². The lowest BCUT2D eigenvalue weighted by Gasteiger charge is -2.30. The number of hydrogen-bond acceptors (Lipinski definition) is 5. The summed E-state index contributed by atoms with van der Waals surface area (Å²) in [4.78, 5) is 24.2. The van der Waals surface area contributed by atoms with E-state index < -0.39 is 49.6 Å². The van der Waals surface area contributed by atoms with Gasteiger partial charge in [-0.3, -0.25) is 4.79 Å². The van der Waals surface area contributed by atoms with Gasteiger partial charge in [-0.1, -0.05) is 6.07 Å². The van der Waals surface area contributed by atoms with Crippen molar-refractivity contribution >= 4 is 21.9 Å². The average molecular weight is 494 g/mol. The number of carbonyl (C=O) groups excluding carboxylic acids is 1. The molecule has 1 fully saturated rings. The van der Waals surface area contributed by atoms with E-state index in [0.29, 0.717) is 19.2 Å². The number of hydrazone groups is 1. The molecule has 0 unspecified atom stereocenters. The fourth-order valence-electron chi connectivity index (χ4n) is 3.31. The third-order valence-corrected chi connectivity index (χ3v) is 6.37. The van der Waals surface area contributed by atoms with Gasteiger partial charge in [0.25, 0.3) is 5.96 Å². The number of amides is 1. The maximum absolute atomic E-state index is 13.0. The lowest BCUT2D eigenvalue weighted by Crippen LogP contribution is -2.50. The zero-order valence-electron chi connectivity index (χ0n) is 17.5. The molecule has 0 radical (unpaired) electrons. The van der Waals surface area contributed by atoms with Gasteiger partial charge in [0.2, 0.25) is 15.9 Å². The average Bonchev–Trinajstić information content (AvgIpc) is 2.75. The molecule has 0 bridgehead atoms. The minimum Gasteiger partial charge on any atom is -0.365 e. The molecule has 1 amide bonds. The van der Waals surface area contributed by atoms with Crippen LogP contribution in [-0.4, -0.2) is 55.9 Å². The van der Waals surface area contributed by atoms with Crippen LogP contribution in [0.5, 0.6) is 0 Å². The summed E-state index contributed by atoms with van der Waals surface area (Å²) in [6, 6.07) is 1.99. The van der Waals surface area contributed by atoms with Gasteiger partial charge >= 0.3 is 6.18 Å². The largest absolute Gasteiger partial charge is 0.416 e. The molecule has 0 spiro atoms. The topological polar surface area (TPSA) is 160 Å². The number of nitro groups is 1. The van der Waals surface area contributed by atoms with E-state index in [1.54, 1.807) is 0 Å². The summed E-state index contributed by atoms with van der Waals surface area (Å²) in [7, 11) is -4.45. The molecule has 0 saturated carbocycles. The summed E-state index contributed by atoms with van der Waals surface area (Å²) in [5.41, 5.74) is 4.18. The molecule has 2 rings (SSSR count). The Morgan fingerprint density at radius 2 is 1.94 bits per heavy atom. The minimum atomic E-state index is -4.73. The Labute approximate surface area is 188 Å². The van der Waals surface area contributed by atoms with Crippen molar-refractivity contribution in [1.82, 2.24) is 14.9 Å². The lowest BCUT2D eigenvalue weighted by atomic mass is 10.1. The van der Waals surface area contributed by atoms with E-state index >= 15 is 0 Å². The molecule has 1 saturated heterocycles. The van der Waals surface area contributed by atoms with Crippen molar-refractivity contribution in [2.24, 2.45) is 10.8 Å². The first kappa shape index (κ1) is 26.3. The molecule has 1 aliphatic heterocycles. The van der Waals surface area contributed by atoms with Crippen LogP contribution >= 0.6 is 0 Å². The number of nitrogens with zero attached hydrogens (tertiary/aromatic N) is 3. The zero-order chi connectivity index (χ0) is 24.6. The molecular weight excluding hydrogens is 469 g/mol. The molecule has 15 heteroatoms. The number of halogens is 3. The van der Waals surface area contributed by atoms with Gasteiger partial charge in [-0.15, -0.1) is 0 Å². The van der Waals surface area contributed by atoms with Gasteiger partial charge in [-0.2, -0.15) is 17.9 Å². The maximum Gasteiger partial charge on any atom is 0.416 e. The number of likely N-dealkylation sites (tertiary alicyclic amines) is 1. The van der Waals surface area contributed by atoms with E-state index in [9.17, 15) is 36.5 Å². The van der Waals surface area contributed by atoms with Crippen LogP contribution in [0.15, 0.2) is 34.3 Å². The predicted octanol–water partition coefficient (Wildman–Crippen LogP) is 1.24. The number of nitrogens with two attached hydrogens (primary N) is 1. The van der Waals surface area contributed by atoms with Gasteiger partial charge in [0.15, 0.2) is 5.03 Å². The molecule has 1 aromatic rings. The van der Waals surface area contributed by atoms with Crippen molar-refractivity contribution in [2.75, 3.05) is 19.6 Å². The molecule has 0 aliphatic carbocycles. The van der Waals surface area contributed by atoms with Crippen LogP contribution < -0.4 is 15.8 Å². The van der Waals surface area contributed by atoms with Gasteiger partial charge in [0.05, 0.1) is 10.5 Å². The monoisotopic (exact) mass is 494 g/mol. The summed E-state index contributed by atoms with van der Waals surface area (Å²) in [6.07, 6.45) is -2.13. The van der Waals surface area contributed by atoms with Crippen LogP contribution in [0.3, 0.4) is 0 Å². The fraction of sp³-hybridized carbons (Fsp3) is 0.556. The molecule has 1 aliphatic rings. The summed E-state index contributed by atoms with van der Waals surface area (Å²) >= 11 is 0. The lowest BCUT2D eigenvalue weighted by molar-refractivity contribution is -0.485. The van der Waals surface area contributed by atoms with Gasteiger partial charge in [0.1, 0.15) is 11.1 Å². The van der Waals surface area contributed by atoms with E-state index in [0.717, 1.165) is 37.5 Å². The van der Waals surface area contributed by atoms with Gasteiger partial charge in [-0.05, 0) is 50.3 Å². The van der Waals surface area contributed by atoms with Gasteiger partial charge in [0, 0.05) is 19.6 Å². The third kappa shape index (κ3) is 8.16. The molecule has 1 heterocycles. The predicted molar refractivity (Wildman–Crippen MR) is 112 cm³/mol. The number of rotatable bonds is 9. The van der Waals surface area contributed by atoms with E-state index in [2.05, 4.69) is 15.1 Å². The summed E-state index contributed by atoms with van der Waals surface area (Å²) in [5, 5.41) is 14.6. The van der Waals surface area contributed by atoms with Gasteiger partial charge < -0.3 is 16.0 Å². The SMILES string of the molecule is N/C(=N\[N+](=O)[O-])NCCC[C@H](NS(=O)(=O)c1cccc(C(F)(F)F)c1)C(=O)N1CCCCC1. The highest BCUT2D eigenvalue weighted by Gasteiger charge is 2.33. The highest BCUT2D eigenvalue weighted by Crippen LogP contribution is 2.30. The Kier molecular flexibility index (Phi) is 8.99. The first-order valence-corrected chi connectivity index (χ1v) is 11.6. The Hall–Kier alpha value is -2.94. The molecule has 0 aromatic heterocycles. The van der Waals surface area contributed by atoms with Crippen LogP contribution in [0.25, 0.3) is 0 Å². The molecule has 184 valence electrons. The van der Waals surface area contributed by atoms with Crippen LogP contribution in [0.4, 0.5) is 13.2 Å². The van der Waals surface area contributed by atoms with Crippen LogP contribution in [0.1, 0.15) is 37.7 Å². The maximum atomic E-state index is 13.0. The number of hydrogen-bond donors (Lipinski definition) is 3. The smallest absolute Gasteiger partial charge is 0.365 e. The second-order valence-corrected chi connectivity index (χ2v) is 9.09. The second kappa shape index (κ2) is 11.3. The fourth-order valence-corrected chi connectivity index (χ4v) is 4.58. The Morgan fingerprint density at radius 3 is 2.55 bits per heavy atom. The first-order valence-electron chi connectivity index (χ1n) is 10.1. The summed E-state index contributed by atoms with van der Waals surface area (Å²) < 4.78 is 66.8. The van der Waals surface area contributed by atoms with Crippen molar-refractivity contribution in [3.8, 4) is 0 Å². The number of piperidine rings is 1. The highest BCUT2D eigenvalue weighted by molar-refractivity contribution is 7.89. The van der Waals surface area contributed by atoms with Gasteiger partial charge in [-0.25, -0.2) is 18.5 Å². The standard InChI is InChI=1S/C18H25F3N6O5S/c19-18(20,21)13-6-4-7-14(12-13)33(31,32)25-15(16(28)26-10-2-1-3-11-26)8-5-9-23-17(22)24-27(29)30/h4,6-7,12,15,25H,1-3,5,8-11H2,(H3,22,23,24)/t15-/m0/s1. The minimum absolute atomic E-state index is 0.0216. The number of alkyl halides is 3. The van der Waals surface area contributed by atoms with Crippen molar-refractivity contribution < 1.29 is 31.4 Å². The first-order chi connectivity index (χ1) is 15.4. The van der Waals surface area contributed by atoms with Crippen molar-refractivity contribution in [3.63, 3.8) is 0 Å². The normalized spacial score (nSPS) is 16.3. The Balaban J connectivity index is 2.16. The zero-order valence-corrected chi connectivity index (χ0v) is 18.4. The number of carbonyl (C=O) groups is 1. The number of guanidine groups is 1. The van der Waals surface area contributed by atoms with E-state index in [1.165, 1.54) is 4.90 Å². The van der Waals surface area contributed by atoms with Crippen molar-refractivity contribution in [1.29, 1.82) is 0 Å². The molecule has 1 atom stereocenters. The Bertz CT molecular complexity index is 980. The number of nitrogens with one attached hydrogen (secondary N) is 2. The molecule has 1 aromatic carbocycles. The molecule has 11 nitrogen and oxygen atoms in total. The van der Waals surface area contributed by atoms with E-state index in [1.807, 2.05) is 0 Å². The van der Waals surface area contributed by atoms with Crippen LogP contribution in [-0.2, 0) is 21.0 Å². The van der Waals surface area contributed by atoms with Crippen LogP contribution in [0, 0.1) is 10.1 Å². The third-order valence-electron chi connectivity index (χ3n) is 4.90. The summed E-state index contributed by atoms with van der Waals surface area (Å²) in [6.45, 7) is 0.945. The van der Waals surface area contributed by atoms with Crippen LogP contribution in [0.2, 0.25) is 0 Å². The molecule has 4 N–H and O–H groups in total. The Morgan fingerprint density at radius 1 is 1.27 bits per heavy atom. The molecular formula is C18H25F3N6O5S. The number of sulfonamides is 1. The number of benzene rings is 1. The molecule has 33 heavy (non-hydrogen) atoms. The van der Waals surface area contributed by atoms with Crippen molar-refractivity contribution in [2.45, 2.75) is 49.2 Å². The summed E-state index contributed by atoms with van der Waals surface area (Å²) in [5.74, 6) is -0.944. The quantitative estimate of drug-likeness (QED) is 0.153. The highest BCUT2D eigenvalue weighted by atomic mass is 32.2. The van der Waals surface area contributed by atoms with E-state index in [4.69, 9.17) is 5.73 Å². The van der Waals surface area contributed by atoms with E-state index in [-0.39, 0.29) is 19.4 Å². The second-order valence-electron chi connectivity index (χ2n) is 7.38.